The van der Waals surface area contributed by atoms with Crippen LogP contribution in [0.2, 0.25) is 0 Å². The third-order valence-corrected chi connectivity index (χ3v) is 3.74. The molecule has 1 N–H and O–H groups in total. The lowest BCUT2D eigenvalue weighted by atomic mass is 10.0. The molecule has 1 heterocycles. The molecule has 1 aromatic carbocycles. The number of carbonyl (C=O) groups is 1. The summed E-state index contributed by atoms with van der Waals surface area (Å²) in [7, 11) is 0. The maximum atomic E-state index is 13.2. The van der Waals surface area contributed by atoms with Crippen molar-refractivity contribution in [1.82, 2.24) is 10.2 Å². The highest BCUT2D eigenvalue weighted by molar-refractivity contribution is 5.79. The van der Waals surface area contributed by atoms with Crippen molar-refractivity contribution in [3.05, 3.63) is 35.6 Å². The van der Waals surface area contributed by atoms with Crippen LogP contribution in [0.1, 0.15) is 31.7 Å². The fourth-order valence-corrected chi connectivity index (χ4v) is 2.77. The second-order valence-corrected chi connectivity index (χ2v) is 5.39. The number of piperidine rings is 1. The molecule has 20 heavy (non-hydrogen) atoms. The molecule has 0 aromatic heterocycles. The van der Waals surface area contributed by atoms with Gasteiger partial charge in [0.25, 0.3) is 0 Å². The van der Waals surface area contributed by atoms with E-state index in [1.54, 1.807) is 6.07 Å². The average molecular weight is 278 g/mol. The van der Waals surface area contributed by atoms with E-state index in [4.69, 9.17) is 0 Å². The van der Waals surface area contributed by atoms with Gasteiger partial charge in [-0.05, 0) is 43.5 Å². The first-order valence-corrected chi connectivity index (χ1v) is 7.45. The third-order valence-electron chi connectivity index (χ3n) is 3.74. The molecule has 1 aliphatic rings. The van der Waals surface area contributed by atoms with E-state index in [1.165, 1.54) is 12.1 Å². The van der Waals surface area contributed by atoms with E-state index in [1.807, 2.05) is 11.0 Å². The average Bonchev–Trinajstić information content (AvgIpc) is 2.45. The van der Waals surface area contributed by atoms with Crippen molar-refractivity contribution < 1.29 is 9.18 Å². The first-order valence-electron chi connectivity index (χ1n) is 7.45. The standard InChI is InChI=1S/C16H23FN2O/c1-2-9-19(15-7-4-8-18-12-15)16(20)11-13-5-3-6-14(17)10-13/h3,5-6,10,15,18H,2,4,7-9,11-12H2,1H3. The molecule has 1 aliphatic heterocycles. The summed E-state index contributed by atoms with van der Waals surface area (Å²) in [4.78, 5) is 14.5. The van der Waals surface area contributed by atoms with Gasteiger partial charge in [-0.3, -0.25) is 4.79 Å². The Balaban J connectivity index is 2.02. The highest BCUT2D eigenvalue weighted by atomic mass is 19.1. The monoisotopic (exact) mass is 278 g/mol. The van der Waals surface area contributed by atoms with Crippen LogP contribution in [0.4, 0.5) is 4.39 Å². The molecule has 1 saturated heterocycles. The molecule has 4 heteroatoms. The molecule has 1 fully saturated rings. The van der Waals surface area contributed by atoms with Crippen LogP contribution >= 0.6 is 0 Å². The zero-order chi connectivity index (χ0) is 14.4. The Morgan fingerprint density at radius 2 is 2.35 bits per heavy atom. The van der Waals surface area contributed by atoms with Gasteiger partial charge in [0, 0.05) is 19.1 Å². The van der Waals surface area contributed by atoms with Gasteiger partial charge in [0.1, 0.15) is 5.82 Å². The molecule has 110 valence electrons. The summed E-state index contributed by atoms with van der Waals surface area (Å²) in [5.74, 6) is -0.178. The maximum absolute atomic E-state index is 13.2. The highest BCUT2D eigenvalue weighted by Gasteiger charge is 2.24. The quantitative estimate of drug-likeness (QED) is 0.896. The van der Waals surface area contributed by atoms with Crippen molar-refractivity contribution in [2.24, 2.45) is 0 Å². The zero-order valence-electron chi connectivity index (χ0n) is 12.1. The number of hydrogen-bond donors (Lipinski definition) is 1. The predicted molar refractivity (Wildman–Crippen MR) is 78.0 cm³/mol. The van der Waals surface area contributed by atoms with E-state index >= 15 is 0 Å². The van der Waals surface area contributed by atoms with Gasteiger partial charge in [0.15, 0.2) is 0 Å². The van der Waals surface area contributed by atoms with E-state index < -0.39 is 0 Å². The van der Waals surface area contributed by atoms with Gasteiger partial charge in [-0.2, -0.15) is 0 Å². The highest BCUT2D eigenvalue weighted by Crippen LogP contribution is 2.14. The predicted octanol–water partition coefficient (Wildman–Crippen LogP) is 2.36. The fraction of sp³-hybridized carbons (Fsp3) is 0.562. The fourth-order valence-electron chi connectivity index (χ4n) is 2.77. The molecule has 1 unspecified atom stereocenters. The van der Waals surface area contributed by atoms with Crippen LogP contribution in [0.3, 0.4) is 0 Å². The molecular weight excluding hydrogens is 255 g/mol. The maximum Gasteiger partial charge on any atom is 0.227 e. The van der Waals surface area contributed by atoms with E-state index in [0.29, 0.717) is 0 Å². The molecule has 1 amide bonds. The molecule has 0 radical (unpaired) electrons. The smallest absolute Gasteiger partial charge is 0.227 e. The van der Waals surface area contributed by atoms with Crippen molar-refractivity contribution in [2.45, 2.75) is 38.6 Å². The van der Waals surface area contributed by atoms with Crippen molar-refractivity contribution >= 4 is 5.91 Å². The summed E-state index contributed by atoms with van der Waals surface area (Å²) < 4.78 is 13.2. The first kappa shape index (κ1) is 15.0. The van der Waals surface area contributed by atoms with Gasteiger partial charge in [-0.15, -0.1) is 0 Å². The minimum Gasteiger partial charge on any atom is -0.338 e. The largest absolute Gasteiger partial charge is 0.338 e. The van der Waals surface area contributed by atoms with E-state index in [2.05, 4.69) is 12.2 Å². The lowest BCUT2D eigenvalue weighted by Crippen LogP contribution is -2.49. The van der Waals surface area contributed by atoms with Gasteiger partial charge in [-0.25, -0.2) is 4.39 Å². The summed E-state index contributed by atoms with van der Waals surface area (Å²) in [6, 6.07) is 6.60. The SMILES string of the molecule is CCCN(C(=O)Cc1cccc(F)c1)C1CCCNC1. The first-order chi connectivity index (χ1) is 9.70. The van der Waals surface area contributed by atoms with Gasteiger partial charge in [-0.1, -0.05) is 19.1 Å². The molecular formula is C16H23FN2O. The van der Waals surface area contributed by atoms with Crippen molar-refractivity contribution in [2.75, 3.05) is 19.6 Å². The van der Waals surface area contributed by atoms with Crippen LogP contribution in [-0.4, -0.2) is 36.5 Å². The van der Waals surface area contributed by atoms with E-state index in [-0.39, 0.29) is 24.2 Å². The van der Waals surface area contributed by atoms with Crippen molar-refractivity contribution in [3.8, 4) is 0 Å². The number of carbonyl (C=O) groups excluding carboxylic acids is 1. The topological polar surface area (TPSA) is 32.3 Å². The number of amides is 1. The van der Waals surface area contributed by atoms with Gasteiger partial charge < -0.3 is 10.2 Å². The summed E-state index contributed by atoms with van der Waals surface area (Å²) in [5.41, 5.74) is 0.750. The van der Waals surface area contributed by atoms with Gasteiger partial charge >= 0.3 is 0 Å². The lowest BCUT2D eigenvalue weighted by Gasteiger charge is -2.34. The summed E-state index contributed by atoms with van der Waals surface area (Å²) in [6.45, 7) is 4.77. The van der Waals surface area contributed by atoms with Crippen LogP contribution in [0, 0.1) is 5.82 Å². The number of nitrogens with one attached hydrogen (secondary N) is 1. The van der Waals surface area contributed by atoms with Crippen LogP contribution in [0.5, 0.6) is 0 Å². The Hall–Kier alpha value is -1.42. The molecule has 0 aliphatic carbocycles. The molecule has 1 aromatic rings. The van der Waals surface area contributed by atoms with Crippen LogP contribution < -0.4 is 5.32 Å². The molecule has 1 atom stereocenters. The summed E-state index contributed by atoms with van der Waals surface area (Å²) in [5, 5.41) is 3.35. The van der Waals surface area contributed by atoms with Crippen LogP contribution in [0.15, 0.2) is 24.3 Å². The Morgan fingerprint density at radius 3 is 3.00 bits per heavy atom. The summed E-state index contributed by atoms with van der Waals surface area (Å²) in [6.07, 6.45) is 3.40. The summed E-state index contributed by atoms with van der Waals surface area (Å²) >= 11 is 0. The zero-order valence-corrected chi connectivity index (χ0v) is 12.1. The number of hydrogen-bond acceptors (Lipinski definition) is 2. The number of nitrogens with zero attached hydrogens (tertiary/aromatic N) is 1. The molecule has 0 spiro atoms. The Morgan fingerprint density at radius 1 is 1.50 bits per heavy atom. The number of rotatable bonds is 5. The Kier molecular flexibility index (Phi) is 5.53. The normalized spacial score (nSPS) is 18.8. The second-order valence-electron chi connectivity index (χ2n) is 5.39. The Bertz CT molecular complexity index is 444. The van der Waals surface area contributed by atoms with E-state index in [0.717, 1.165) is 44.5 Å². The van der Waals surface area contributed by atoms with Crippen molar-refractivity contribution in [3.63, 3.8) is 0 Å². The lowest BCUT2D eigenvalue weighted by molar-refractivity contribution is -0.133. The second kappa shape index (κ2) is 7.39. The van der Waals surface area contributed by atoms with Gasteiger partial charge in [0.05, 0.1) is 6.42 Å². The molecule has 0 bridgehead atoms. The minimum absolute atomic E-state index is 0.103. The molecule has 3 nitrogen and oxygen atoms in total. The Labute approximate surface area is 120 Å². The van der Waals surface area contributed by atoms with Crippen molar-refractivity contribution in [1.29, 1.82) is 0 Å². The van der Waals surface area contributed by atoms with Crippen LogP contribution in [0.25, 0.3) is 0 Å². The third kappa shape index (κ3) is 4.04. The number of benzene rings is 1. The molecule has 2 rings (SSSR count). The molecule has 0 saturated carbocycles. The van der Waals surface area contributed by atoms with Crippen LogP contribution in [-0.2, 0) is 11.2 Å². The van der Waals surface area contributed by atoms with E-state index in [9.17, 15) is 9.18 Å². The van der Waals surface area contributed by atoms with Gasteiger partial charge in [0.2, 0.25) is 5.91 Å². The number of halogens is 1. The minimum atomic E-state index is -0.281.